The van der Waals surface area contributed by atoms with Crippen molar-refractivity contribution in [3.63, 3.8) is 0 Å². The molecule has 0 spiro atoms. The van der Waals surface area contributed by atoms with Gasteiger partial charge in [-0.05, 0) is 177 Å². The number of nitrogens with zero attached hydrogens (tertiary/aromatic N) is 2. The first kappa shape index (κ1) is 34.8. The van der Waals surface area contributed by atoms with E-state index in [9.17, 15) is 0 Å². The molecule has 2 heteroatoms. The Hall–Kier alpha value is -6.64. The molecule has 0 heterocycles. The molecule has 10 rings (SSSR count). The lowest BCUT2D eigenvalue weighted by Gasteiger charge is -2.29. The summed E-state index contributed by atoms with van der Waals surface area (Å²) in [5, 5.41) is 7.70. The number of fused-ring (bicyclic) bond motifs is 9. The Bertz CT molecular complexity index is 3030. The van der Waals surface area contributed by atoms with Gasteiger partial charge in [-0.3, -0.25) is 0 Å². The lowest BCUT2D eigenvalue weighted by molar-refractivity contribution is 0.667. The Balaban J connectivity index is 1.17. The molecule has 1 aliphatic rings. The maximum Gasteiger partial charge on any atom is 0.0493 e. The summed E-state index contributed by atoms with van der Waals surface area (Å²) in [4.78, 5) is 4.83. The zero-order chi connectivity index (χ0) is 39.0. The van der Waals surface area contributed by atoms with Gasteiger partial charge in [0, 0.05) is 39.5 Å². The molecule has 0 bridgehead atoms. The van der Waals surface area contributed by atoms with Gasteiger partial charge in [0.2, 0.25) is 0 Å². The summed E-state index contributed by atoms with van der Waals surface area (Å²) < 4.78 is 0. The van der Waals surface area contributed by atoms with Crippen molar-refractivity contribution in [1.82, 2.24) is 0 Å². The van der Waals surface area contributed by atoms with Crippen LogP contribution in [0.15, 0.2) is 170 Å². The number of hydrogen-bond acceptors (Lipinski definition) is 2. The predicted molar refractivity (Wildman–Crippen MR) is 245 cm³/mol. The van der Waals surface area contributed by atoms with E-state index in [2.05, 4.69) is 221 Å². The van der Waals surface area contributed by atoms with Crippen LogP contribution in [0.25, 0.3) is 43.4 Å². The van der Waals surface area contributed by atoms with E-state index < -0.39 is 0 Å². The molecule has 0 saturated heterocycles. The van der Waals surface area contributed by atoms with Crippen molar-refractivity contribution in [2.75, 3.05) is 9.80 Å². The molecule has 0 unspecified atom stereocenters. The second kappa shape index (κ2) is 13.2. The zero-order valence-corrected chi connectivity index (χ0v) is 33.6. The fourth-order valence-corrected chi connectivity index (χ4v) is 9.46. The number of rotatable bonds is 6. The second-order valence-electron chi connectivity index (χ2n) is 16.5. The van der Waals surface area contributed by atoms with Crippen LogP contribution >= 0.6 is 0 Å². The SMILES string of the molecule is Cc1ccc(C)c(N(c2ccccc2)c2ccc3cc4c(cc3c2)C(C)(C)c2c-4c3ccccc3c3cc(N(c4ccccc4)c4cc(C)ccc4C)ccc23)c1. The van der Waals surface area contributed by atoms with Crippen LogP contribution in [0.4, 0.5) is 34.1 Å². The van der Waals surface area contributed by atoms with E-state index in [1.54, 1.807) is 0 Å². The fraction of sp³-hybridized carbons (Fsp3) is 0.127. The number of aryl methyl sites for hydroxylation is 4. The summed E-state index contributed by atoms with van der Waals surface area (Å²) in [5.74, 6) is 0. The smallest absolute Gasteiger partial charge is 0.0493 e. The lowest BCUT2D eigenvalue weighted by atomic mass is 9.79. The Labute approximate surface area is 336 Å². The van der Waals surface area contributed by atoms with Crippen LogP contribution in [0, 0.1) is 27.7 Å². The standard InChI is InChI=1S/C55H46N2/c1-35-21-23-37(3)51(29-35)56(41-15-9-7-10-16-41)43-26-25-39-32-49-50(33-40(39)31-43)55(5,6)54-47-28-27-44(34-48(47)45-19-13-14-20-46(45)53(49)54)57(42-17-11-8-12-18-42)52-30-36(2)22-24-38(52)4/h7-34H,1-6H3. The summed E-state index contributed by atoms with van der Waals surface area (Å²) in [7, 11) is 0. The van der Waals surface area contributed by atoms with Gasteiger partial charge in [0.1, 0.15) is 0 Å². The molecule has 0 atom stereocenters. The second-order valence-corrected chi connectivity index (χ2v) is 16.5. The van der Waals surface area contributed by atoms with Crippen LogP contribution in [0.1, 0.15) is 47.2 Å². The molecular weight excluding hydrogens is 689 g/mol. The van der Waals surface area contributed by atoms with E-state index in [0.717, 1.165) is 22.7 Å². The Morgan fingerprint density at radius 1 is 0.386 bits per heavy atom. The minimum Gasteiger partial charge on any atom is -0.310 e. The molecule has 0 aromatic heterocycles. The van der Waals surface area contributed by atoms with Gasteiger partial charge in [-0.15, -0.1) is 0 Å². The van der Waals surface area contributed by atoms with Gasteiger partial charge in [-0.25, -0.2) is 0 Å². The molecule has 0 saturated carbocycles. The van der Waals surface area contributed by atoms with E-state index >= 15 is 0 Å². The molecule has 9 aromatic rings. The Kier molecular flexibility index (Phi) is 8.09. The number of anilines is 6. The quantitative estimate of drug-likeness (QED) is 0.157. The van der Waals surface area contributed by atoms with Gasteiger partial charge in [0.15, 0.2) is 0 Å². The van der Waals surface area contributed by atoms with Crippen LogP contribution in [-0.4, -0.2) is 0 Å². The van der Waals surface area contributed by atoms with E-state index in [-0.39, 0.29) is 5.41 Å². The number of benzene rings is 9. The molecule has 1 aliphatic carbocycles. The summed E-state index contributed by atoms with van der Waals surface area (Å²) >= 11 is 0. The third-order valence-corrected chi connectivity index (χ3v) is 12.3. The largest absolute Gasteiger partial charge is 0.310 e. The van der Waals surface area contributed by atoms with Crippen LogP contribution in [-0.2, 0) is 5.41 Å². The lowest BCUT2D eigenvalue weighted by Crippen LogP contribution is -2.16. The van der Waals surface area contributed by atoms with Crippen molar-refractivity contribution in [2.45, 2.75) is 47.0 Å². The van der Waals surface area contributed by atoms with Crippen molar-refractivity contribution in [1.29, 1.82) is 0 Å². The molecule has 276 valence electrons. The van der Waals surface area contributed by atoms with Gasteiger partial charge < -0.3 is 9.80 Å². The Morgan fingerprint density at radius 2 is 0.930 bits per heavy atom. The highest BCUT2D eigenvalue weighted by Crippen LogP contribution is 2.56. The Morgan fingerprint density at radius 3 is 1.54 bits per heavy atom. The minimum absolute atomic E-state index is 0.225. The van der Waals surface area contributed by atoms with Crippen molar-refractivity contribution in [3.05, 3.63) is 203 Å². The van der Waals surface area contributed by atoms with Crippen LogP contribution in [0.2, 0.25) is 0 Å². The molecule has 0 aliphatic heterocycles. The zero-order valence-electron chi connectivity index (χ0n) is 33.6. The van der Waals surface area contributed by atoms with E-state index in [0.29, 0.717) is 0 Å². The van der Waals surface area contributed by atoms with E-state index in [4.69, 9.17) is 0 Å². The molecule has 0 N–H and O–H groups in total. The van der Waals surface area contributed by atoms with Gasteiger partial charge in [-0.2, -0.15) is 0 Å². The van der Waals surface area contributed by atoms with E-state index in [1.165, 1.54) is 88.2 Å². The third-order valence-electron chi connectivity index (χ3n) is 12.3. The number of hydrogen-bond donors (Lipinski definition) is 0. The van der Waals surface area contributed by atoms with Crippen molar-refractivity contribution in [3.8, 4) is 11.1 Å². The fourth-order valence-electron chi connectivity index (χ4n) is 9.46. The highest BCUT2D eigenvalue weighted by Gasteiger charge is 2.39. The van der Waals surface area contributed by atoms with Crippen LogP contribution < -0.4 is 9.80 Å². The monoisotopic (exact) mass is 734 g/mol. The van der Waals surface area contributed by atoms with Crippen molar-refractivity contribution in [2.24, 2.45) is 0 Å². The van der Waals surface area contributed by atoms with Gasteiger partial charge in [0.05, 0.1) is 0 Å². The topological polar surface area (TPSA) is 6.48 Å². The first-order chi connectivity index (χ1) is 27.7. The normalized spacial score (nSPS) is 12.9. The number of para-hydroxylation sites is 2. The van der Waals surface area contributed by atoms with Crippen LogP contribution in [0.5, 0.6) is 0 Å². The molecule has 2 nitrogen and oxygen atoms in total. The van der Waals surface area contributed by atoms with Gasteiger partial charge >= 0.3 is 0 Å². The predicted octanol–water partition coefficient (Wildman–Crippen LogP) is 15.6. The molecular formula is C55H46N2. The summed E-state index contributed by atoms with van der Waals surface area (Å²) in [6.07, 6.45) is 0. The maximum atomic E-state index is 2.48. The highest BCUT2D eigenvalue weighted by atomic mass is 15.1. The summed E-state index contributed by atoms with van der Waals surface area (Å²) in [6.45, 7) is 13.6. The average Bonchev–Trinajstić information content (AvgIpc) is 3.46. The van der Waals surface area contributed by atoms with Crippen LogP contribution in [0.3, 0.4) is 0 Å². The van der Waals surface area contributed by atoms with Gasteiger partial charge in [-0.1, -0.05) is 111 Å². The first-order valence-electron chi connectivity index (χ1n) is 20.1. The first-order valence-corrected chi connectivity index (χ1v) is 20.1. The minimum atomic E-state index is -0.225. The third kappa shape index (κ3) is 5.62. The highest BCUT2D eigenvalue weighted by molar-refractivity contribution is 6.19. The average molecular weight is 735 g/mol. The molecule has 0 fully saturated rings. The molecule has 0 radical (unpaired) electrons. The molecule has 9 aromatic carbocycles. The van der Waals surface area contributed by atoms with Gasteiger partial charge in [0.25, 0.3) is 0 Å². The summed E-state index contributed by atoms with van der Waals surface area (Å²) in [5.41, 5.74) is 17.3. The molecule has 57 heavy (non-hydrogen) atoms. The van der Waals surface area contributed by atoms with Crippen molar-refractivity contribution >= 4 is 66.4 Å². The molecule has 0 amide bonds. The van der Waals surface area contributed by atoms with E-state index in [1.807, 2.05) is 0 Å². The van der Waals surface area contributed by atoms with Crippen molar-refractivity contribution < 1.29 is 0 Å². The summed E-state index contributed by atoms with van der Waals surface area (Å²) in [6, 6.07) is 63.1. The maximum absolute atomic E-state index is 2.48.